The summed E-state index contributed by atoms with van der Waals surface area (Å²) in [5.41, 5.74) is 11.8. The summed E-state index contributed by atoms with van der Waals surface area (Å²) >= 11 is 0. The molecule has 0 bridgehead atoms. The number of hydrogen-bond acceptors (Lipinski definition) is 17. The van der Waals surface area contributed by atoms with Crippen LogP contribution in [0.1, 0.15) is 31.9 Å². The Morgan fingerprint density at radius 1 is 0.515 bits per heavy atom. The van der Waals surface area contributed by atoms with Gasteiger partial charge in [0.25, 0.3) is 0 Å². The number of sulfonamides is 2. The molecule has 1 unspecified atom stereocenters. The Labute approximate surface area is 581 Å². The van der Waals surface area contributed by atoms with Crippen molar-refractivity contribution >= 4 is 81.1 Å². The third-order valence-electron chi connectivity index (χ3n) is 13.9. The predicted molar refractivity (Wildman–Crippen MR) is 404 cm³/mol. The van der Waals surface area contributed by atoms with Crippen LogP contribution in [0, 0.1) is 0 Å². The molecule has 3 heterocycles. The maximum atomic E-state index is 12.6. The van der Waals surface area contributed by atoms with Crippen molar-refractivity contribution in [3.63, 3.8) is 0 Å². The number of aromatic nitrogens is 7. The van der Waals surface area contributed by atoms with Crippen molar-refractivity contribution in [1.29, 1.82) is 0 Å². The highest BCUT2D eigenvalue weighted by Gasteiger charge is 2.31. The maximum Gasteiger partial charge on any atom is 0.416 e. The van der Waals surface area contributed by atoms with E-state index < -0.39 is 41.5 Å². The molecule has 1 atom stereocenters. The van der Waals surface area contributed by atoms with E-state index in [0.717, 1.165) is 85.1 Å². The van der Waals surface area contributed by atoms with Crippen LogP contribution in [-0.4, -0.2) is 137 Å². The Morgan fingerprint density at radius 2 is 0.939 bits per heavy atom. The topological polar surface area (TPSA) is 295 Å². The van der Waals surface area contributed by atoms with Gasteiger partial charge in [-0.3, -0.25) is 4.68 Å². The van der Waals surface area contributed by atoms with Gasteiger partial charge in [0.05, 0.1) is 49.0 Å². The van der Waals surface area contributed by atoms with Crippen molar-refractivity contribution in [2.75, 3.05) is 113 Å². The van der Waals surface area contributed by atoms with E-state index in [9.17, 15) is 34.2 Å². The Bertz CT molecular complexity index is 4250. The van der Waals surface area contributed by atoms with Gasteiger partial charge in [-0.25, -0.2) is 40.2 Å². The summed E-state index contributed by atoms with van der Waals surface area (Å²) < 4.78 is 107. The lowest BCUT2D eigenvalue weighted by Crippen LogP contribution is -2.23. The lowest BCUT2D eigenvalue weighted by Gasteiger charge is -2.13. The van der Waals surface area contributed by atoms with Gasteiger partial charge in [0, 0.05) is 163 Å². The number of H-pyrrole nitrogens is 1. The summed E-state index contributed by atoms with van der Waals surface area (Å²) in [4.78, 5) is 8.34. The zero-order valence-corrected chi connectivity index (χ0v) is 60.5. The second-order valence-electron chi connectivity index (χ2n) is 20.9. The first-order valence-corrected chi connectivity index (χ1v) is 35.8. The summed E-state index contributed by atoms with van der Waals surface area (Å²) in [5.74, 6) is 4.57. The number of imidazole rings is 1. The molecule has 0 aliphatic rings. The Kier molecular flexibility index (Phi) is 33.3. The van der Waals surface area contributed by atoms with Crippen molar-refractivity contribution in [3.8, 4) is 33.9 Å². The van der Waals surface area contributed by atoms with Crippen LogP contribution in [-0.2, 0) is 50.0 Å². The number of aryl methyl sites for hydroxylation is 2. The van der Waals surface area contributed by atoms with Crippen LogP contribution in [0.4, 0.5) is 53.0 Å². The standard InChI is InChI=1S/C11H13F3N2.C11H13N3.C10H12N4.C10H11N3.C10H16N2OS.2C9H14N2O2S/c1-7(15-2)8-4-9(11(12,13)14)6-10(5-8)16-3;1-12-10-5-3-4-9(8-10)11-6-7-14(2)13-11;1-11-9-5-3-4-8(6-9)10-13-12-7-14(10)2;1-11-9-4-2-3-8(5-9)10-6-12-7-13-10;1-4-12-14(3,13)10-7-5-6-9(8-10)11-2;2*1-3-11-14(12,13)9-6-4-5-8(7-9)10-2/h4-6,15-16H,1H2,2-3H3;3-8,12H,1-2H3;3-7,11H,1-2H3;2-7,11H,1H3,(H,12,13);5-8,11H,3-4H2,1-2H3,(H,12,13);2*4-7,10-11H,3H2,1-2H3. The zero-order valence-electron chi connectivity index (χ0n) is 58.1. The maximum absolute atomic E-state index is 12.6. The fourth-order valence-electron chi connectivity index (χ4n) is 8.63. The van der Waals surface area contributed by atoms with Gasteiger partial charge < -0.3 is 52.1 Å². The predicted octanol–water partition coefficient (Wildman–Crippen LogP) is 12.1. The van der Waals surface area contributed by atoms with E-state index in [0.29, 0.717) is 36.6 Å². The Morgan fingerprint density at radius 3 is 1.34 bits per heavy atom. The van der Waals surface area contributed by atoms with Gasteiger partial charge in [-0.2, -0.15) is 18.3 Å². The zero-order chi connectivity index (χ0) is 73.2. The molecule has 0 amide bonds. The van der Waals surface area contributed by atoms with Gasteiger partial charge in [-0.1, -0.05) is 81.9 Å². The van der Waals surface area contributed by atoms with E-state index in [-0.39, 0.29) is 9.79 Å². The normalized spacial score (nSPS) is 11.2. The van der Waals surface area contributed by atoms with E-state index in [1.54, 1.807) is 102 Å². The molecule has 7 aromatic carbocycles. The molecule has 0 aliphatic heterocycles. The van der Waals surface area contributed by atoms with Gasteiger partial charge in [0.1, 0.15) is 6.33 Å². The molecule has 0 saturated heterocycles. The molecule has 0 aliphatic carbocycles. The first kappa shape index (κ1) is 81.3. The van der Waals surface area contributed by atoms with Crippen LogP contribution >= 0.6 is 0 Å². The number of hydrogen-bond donors (Lipinski definition) is 12. The molecule has 3 aromatic heterocycles. The van der Waals surface area contributed by atoms with E-state index in [4.69, 9.17) is 0 Å². The lowest BCUT2D eigenvalue weighted by molar-refractivity contribution is -0.137. The van der Waals surface area contributed by atoms with Crippen molar-refractivity contribution in [2.45, 2.75) is 41.6 Å². The first-order valence-electron chi connectivity index (χ1n) is 31.1. The number of halogens is 3. The van der Waals surface area contributed by atoms with Crippen LogP contribution in [0.5, 0.6) is 0 Å². The van der Waals surface area contributed by atoms with Crippen molar-refractivity contribution < 1.29 is 34.2 Å². The molecule has 23 nitrogen and oxygen atoms in total. The first-order chi connectivity index (χ1) is 47.2. The van der Waals surface area contributed by atoms with Gasteiger partial charge in [-0.15, -0.1) is 10.2 Å². The van der Waals surface area contributed by atoms with Gasteiger partial charge in [-0.05, 0) is 127 Å². The number of rotatable bonds is 21. The largest absolute Gasteiger partial charge is 0.416 e. The van der Waals surface area contributed by atoms with Crippen molar-refractivity contribution in [3.05, 3.63) is 213 Å². The van der Waals surface area contributed by atoms with Gasteiger partial charge in [0.2, 0.25) is 20.0 Å². The summed E-state index contributed by atoms with van der Waals surface area (Å²) in [6.07, 6.45) is 2.79. The molecule has 0 fully saturated rings. The third kappa shape index (κ3) is 26.6. The van der Waals surface area contributed by atoms with E-state index in [1.807, 2.05) is 163 Å². The fraction of sp³-hybridized carbons (Fsp3) is 0.243. The van der Waals surface area contributed by atoms with Crippen molar-refractivity contribution in [2.24, 2.45) is 14.1 Å². The average molecular weight is 1420 g/mol. The van der Waals surface area contributed by atoms with Crippen molar-refractivity contribution in [1.82, 2.24) is 54.0 Å². The number of benzene rings is 7. The minimum atomic E-state index is -4.35. The van der Waals surface area contributed by atoms with Crippen LogP contribution in [0.15, 0.2) is 216 Å². The van der Waals surface area contributed by atoms with E-state index in [2.05, 4.69) is 113 Å². The Hall–Kier alpha value is -10.2. The number of nitrogens with zero attached hydrogens (tertiary/aromatic N) is 6. The molecule has 10 rings (SSSR count). The third-order valence-corrected chi connectivity index (χ3v) is 18.7. The smallest absolute Gasteiger partial charge is 0.388 e. The minimum Gasteiger partial charge on any atom is -0.388 e. The second-order valence-corrected chi connectivity index (χ2v) is 26.5. The molecule has 0 saturated carbocycles. The highest BCUT2D eigenvalue weighted by Crippen LogP contribution is 2.33. The summed E-state index contributed by atoms with van der Waals surface area (Å²) in [5, 5.41) is 35.7. The molecular formula is C70H93F3N18O5S3. The highest BCUT2D eigenvalue weighted by atomic mass is 32.2. The molecule has 10 aromatic rings. The van der Waals surface area contributed by atoms with Crippen LogP contribution in [0.2, 0.25) is 0 Å². The summed E-state index contributed by atoms with van der Waals surface area (Å²) in [6.45, 7) is 10.5. The molecule has 99 heavy (non-hydrogen) atoms. The van der Waals surface area contributed by atoms with Crippen LogP contribution < -0.4 is 56.7 Å². The molecule has 532 valence electrons. The second kappa shape index (κ2) is 40.5. The Balaban J connectivity index is 0.000000245. The molecule has 29 heteroatoms. The molecular weight excluding hydrogens is 1330 g/mol. The van der Waals surface area contributed by atoms with Gasteiger partial charge in [0.15, 0.2) is 5.82 Å². The van der Waals surface area contributed by atoms with E-state index >= 15 is 0 Å². The van der Waals surface area contributed by atoms with E-state index in [1.165, 1.54) is 0 Å². The summed E-state index contributed by atoms with van der Waals surface area (Å²) in [6, 6.07) is 51.0. The van der Waals surface area contributed by atoms with Crippen LogP contribution in [0.25, 0.3) is 39.6 Å². The SMILES string of the molecule is C=C(NC)c1cc(NC)cc(C(F)(F)F)c1.C=S(=O)(NCC)c1cccc(NC)c1.CCNS(=O)(=O)c1cccc(NC)c1.CCNS(=O)(=O)c1cccc(NC)c1.CNc1cccc(-c2ccn(C)n2)c1.CNc1cccc(-c2cnc[nH]2)c1.CNc1cccc(-c2nncn2C)c1. The number of alkyl halides is 3. The lowest BCUT2D eigenvalue weighted by atomic mass is 10.1. The molecule has 12 N–H and O–H groups in total. The fourth-order valence-corrected chi connectivity index (χ4v) is 12.1. The van der Waals surface area contributed by atoms with Crippen LogP contribution in [0.3, 0.4) is 0 Å². The monoisotopic (exact) mass is 1420 g/mol. The average Bonchev–Trinajstić information content (AvgIpc) is 1.80. The highest BCUT2D eigenvalue weighted by molar-refractivity contribution is 7.98. The minimum absolute atomic E-state index is 0.284. The number of nitrogens with one attached hydrogen (secondary N) is 12. The number of anilines is 7. The molecule has 0 radical (unpaired) electrons. The quantitative estimate of drug-likeness (QED) is 0.0298. The summed E-state index contributed by atoms with van der Waals surface area (Å²) in [7, 11) is 9.09. The van der Waals surface area contributed by atoms with Gasteiger partial charge >= 0.3 is 6.18 Å². The molecule has 0 spiro atoms. The number of aromatic amines is 1.